The van der Waals surface area contributed by atoms with Crippen molar-refractivity contribution < 1.29 is 22.8 Å². The van der Waals surface area contributed by atoms with Crippen LogP contribution in [0.3, 0.4) is 0 Å². The Bertz CT molecular complexity index is 193. The number of hydrogen-bond acceptors (Lipinski definition) is 5. The van der Waals surface area contributed by atoms with Crippen molar-refractivity contribution in [2.45, 2.75) is 0 Å². The highest BCUT2D eigenvalue weighted by atomic mass is 32.2. The summed E-state index contributed by atoms with van der Waals surface area (Å²) in [5, 5.41) is 0. The molecule has 0 aliphatic rings. The zero-order valence-electron chi connectivity index (χ0n) is 4.03. The fourth-order valence-electron chi connectivity index (χ4n) is 0.1000. The molecule has 0 aromatic carbocycles. The van der Waals surface area contributed by atoms with E-state index in [4.69, 9.17) is 0 Å². The maximum Gasteiger partial charge on any atom is 0.347 e. The van der Waals surface area contributed by atoms with Crippen LogP contribution in [-0.4, -0.2) is 20.5 Å². The zero-order valence-corrected chi connectivity index (χ0v) is 4.84. The lowest BCUT2D eigenvalue weighted by atomic mass is 11.6. The Morgan fingerprint density at radius 2 is 2.11 bits per heavy atom. The molecule has 1 radical (unpaired) electrons. The van der Waals surface area contributed by atoms with Crippen LogP contribution in [0.5, 0.6) is 0 Å². The fourth-order valence-corrected chi connectivity index (χ4v) is 0.300. The SMILES string of the molecule is O=[C]S(=O)(=O)NOC=O. The molecule has 0 aromatic rings. The molecular formula is C2H2NO5S. The summed E-state index contributed by atoms with van der Waals surface area (Å²) in [5.41, 5.74) is 0.603. The van der Waals surface area contributed by atoms with E-state index in [0.29, 0.717) is 5.62 Å². The summed E-state index contributed by atoms with van der Waals surface area (Å²) in [7, 11) is -4.19. The Morgan fingerprint density at radius 3 is 2.44 bits per heavy atom. The molecule has 0 aromatic heterocycles. The van der Waals surface area contributed by atoms with Crippen molar-refractivity contribution >= 4 is 22.1 Å². The molecule has 0 saturated heterocycles. The van der Waals surface area contributed by atoms with E-state index in [-0.39, 0.29) is 6.47 Å². The first-order valence-electron chi connectivity index (χ1n) is 1.62. The lowest BCUT2D eigenvalue weighted by Gasteiger charge is -1.90. The van der Waals surface area contributed by atoms with Crippen LogP contribution in [0.1, 0.15) is 0 Å². The Morgan fingerprint density at radius 1 is 1.56 bits per heavy atom. The van der Waals surface area contributed by atoms with Crippen molar-refractivity contribution in [3.05, 3.63) is 0 Å². The molecule has 9 heavy (non-hydrogen) atoms. The van der Waals surface area contributed by atoms with E-state index in [1.54, 1.807) is 0 Å². The third-order valence-electron chi connectivity index (χ3n) is 0.316. The summed E-state index contributed by atoms with van der Waals surface area (Å²) in [4.78, 5) is 23.3. The highest BCUT2D eigenvalue weighted by Crippen LogP contribution is 1.71. The molecule has 7 heteroatoms. The second kappa shape index (κ2) is 3.15. The van der Waals surface area contributed by atoms with Gasteiger partial charge in [-0.05, 0) is 4.89 Å². The number of carbonyl (C=O) groups excluding carboxylic acids is 2. The van der Waals surface area contributed by atoms with Crippen molar-refractivity contribution in [3.8, 4) is 0 Å². The van der Waals surface area contributed by atoms with Crippen molar-refractivity contribution in [2.24, 2.45) is 0 Å². The molecule has 0 saturated carbocycles. The van der Waals surface area contributed by atoms with Gasteiger partial charge in [0.25, 0.3) is 0 Å². The van der Waals surface area contributed by atoms with Gasteiger partial charge in [0.2, 0.25) is 0 Å². The zero-order chi connectivity index (χ0) is 7.33. The van der Waals surface area contributed by atoms with Gasteiger partial charge in [0.1, 0.15) is 0 Å². The van der Waals surface area contributed by atoms with Crippen LogP contribution in [0.4, 0.5) is 0 Å². The molecule has 0 spiro atoms. The van der Waals surface area contributed by atoms with Gasteiger partial charge in [-0.25, -0.2) is 8.42 Å². The van der Waals surface area contributed by atoms with Crippen LogP contribution < -0.4 is 4.89 Å². The topological polar surface area (TPSA) is 89.5 Å². The molecule has 0 bridgehead atoms. The normalized spacial score (nSPS) is 10.2. The average molecular weight is 152 g/mol. The smallest absolute Gasteiger partial charge is 0.347 e. The second-order valence-corrected chi connectivity index (χ2v) is 2.22. The van der Waals surface area contributed by atoms with Gasteiger partial charge < -0.3 is 4.84 Å². The molecule has 1 N–H and O–H groups in total. The maximum atomic E-state index is 9.94. The highest BCUT2D eigenvalue weighted by molar-refractivity contribution is 8.02. The van der Waals surface area contributed by atoms with Crippen molar-refractivity contribution in [1.82, 2.24) is 4.89 Å². The van der Waals surface area contributed by atoms with Gasteiger partial charge >= 0.3 is 22.1 Å². The monoisotopic (exact) mass is 152 g/mol. The van der Waals surface area contributed by atoms with Gasteiger partial charge in [0.15, 0.2) is 0 Å². The first kappa shape index (κ1) is 8.05. The minimum atomic E-state index is -4.19. The van der Waals surface area contributed by atoms with Crippen LogP contribution in [0.25, 0.3) is 0 Å². The second-order valence-electron chi connectivity index (χ2n) is 0.884. The number of carbonyl (C=O) groups is 1. The third-order valence-corrected chi connectivity index (χ3v) is 0.851. The highest BCUT2D eigenvalue weighted by Gasteiger charge is 2.07. The standard InChI is InChI=1S/C2H2NO5S/c4-1-8-3-9(6,7)2-5/h1,3H. The van der Waals surface area contributed by atoms with Crippen molar-refractivity contribution in [3.63, 3.8) is 0 Å². The Labute approximate surface area is 50.8 Å². The van der Waals surface area contributed by atoms with E-state index in [1.807, 2.05) is 0 Å². The Balaban J connectivity index is 3.89. The summed E-state index contributed by atoms with van der Waals surface area (Å²) >= 11 is 0. The van der Waals surface area contributed by atoms with Crippen molar-refractivity contribution in [1.29, 1.82) is 0 Å². The number of sulfonamides is 1. The molecule has 0 heterocycles. The van der Waals surface area contributed by atoms with Crippen molar-refractivity contribution in [2.75, 3.05) is 0 Å². The van der Waals surface area contributed by atoms with Gasteiger partial charge in [-0.2, -0.15) is 0 Å². The largest absolute Gasteiger partial charge is 0.358 e. The quantitative estimate of drug-likeness (QED) is 0.374. The number of nitrogens with one attached hydrogen (secondary N) is 1. The van der Waals surface area contributed by atoms with Crippen LogP contribution in [0.15, 0.2) is 0 Å². The average Bonchev–Trinajstić information content (AvgIpc) is 1.84. The third kappa shape index (κ3) is 3.62. The lowest BCUT2D eigenvalue weighted by Crippen LogP contribution is -2.23. The van der Waals surface area contributed by atoms with Crippen LogP contribution >= 0.6 is 0 Å². The van der Waals surface area contributed by atoms with Gasteiger partial charge in [-0.1, -0.05) is 0 Å². The van der Waals surface area contributed by atoms with Gasteiger partial charge in [0, 0.05) is 0 Å². The van der Waals surface area contributed by atoms with Gasteiger partial charge in [-0.15, -0.1) is 0 Å². The van der Waals surface area contributed by atoms with Crippen LogP contribution in [0.2, 0.25) is 0 Å². The predicted octanol–water partition coefficient (Wildman–Crippen LogP) is -1.94. The molecule has 6 nitrogen and oxygen atoms in total. The molecule has 0 aliphatic heterocycles. The summed E-state index contributed by atoms with van der Waals surface area (Å²) < 4.78 is 19.9. The molecule has 0 atom stereocenters. The van der Waals surface area contributed by atoms with Gasteiger partial charge in [0.05, 0.1) is 0 Å². The summed E-state index contributed by atoms with van der Waals surface area (Å²) in [6.45, 7) is -0.172. The Kier molecular flexibility index (Phi) is 2.82. The maximum absolute atomic E-state index is 9.94. The first-order chi connectivity index (χ1) is 4.12. The number of hydrogen-bond donors (Lipinski definition) is 1. The summed E-state index contributed by atoms with van der Waals surface area (Å²) in [5.74, 6) is 0. The molecular weight excluding hydrogens is 150 g/mol. The fraction of sp³-hybridized carbons (Fsp3) is 0. The first-order valence-corrected chi connectivity index (χ1v) is 3.10. The lowest BCUT2D eigenvalue weighted by molar-refractivity contribution is -0.131. The molecule has 0 amide bonds. The van der Waals surface area contributed by atoms with E-state index < -0.39 is 10.0 Å². The minimum Gasteiger partial charge on any atom is -0.358 e. The van der Waals surface area contributed by atoms with E-state index in [2.05, 4.69) is 4.84 Å². The van der Waals surface area contributed by atoms with E-state index in [0.717, 1.165) is 4.89 Å². The molecule has 51 valence electrons. The molecule has 0 rings (SSSR count). The van der Waals surface area contributed by atoms with Gasteiger partial charge in [-0.3, -0.25) is 9.59 Å². The van der Waals surface area contributed by atoms with Crippen LogP contribution in [0, 0.1) is 0 Å². The van der Waals surface area contributed by atoms with Crippen LogP contribution in [-0.2, 0) is 24.4 Å². The predicted molar refractivity (Wildman–Crippen MR) is 24.9 cm³/mol. The van der Waals surface area contributed by atoms with E-state index in [1.165, 1.54) is 0 Å². The minimum absolute atomic E-state index is 0.172. The molecule has 0 fully saturated rings. The molecule has 0 aliphatic carbocycles. The van der Waals surface area contributed by atoms with E-state index in [9.17, 15) is 18.0 Å². The molecule has 0 unspecified atom stereocenters. The number of rotatable bonds is 4. The Hall–Kier alpha value is -0.950. The summed E-state index contributed by atoms with van der Waals surface area (Å²) in [6.07, 6.45) is 0. The van der Waals surface area contributed by atoms with E-state index >= 15 is 0 Å². The summed E-state index contributed by atoms with van der Waals surface area (Å²) in [6, 6.07) is 0.